The lowest BCUT2D eigenvalue weighted by Gasteiger charge is -2.40. The average Bonchev–Trinajstić information content (AvgIpc) is 3.05. The second kappa shape index (κ2) is 17.0. The smallest absolute Gasteiger partial charge is 0.270 e. The Morgan fingerprint density at radius 3 is 2.22 bits per heavy atom. The molecule has 0 spiro atoms. The van der Waals surface area contributed by atoms with Gasteiger partial charge in [0.2, 0.25) is 5.91 Å². The molecule has 0 unspecified atom stereocenters. The van der Waals surface area contributed by atoms with Gasteiger partial charge in [0.1, 0.15) is 5.75 Å². The second-order valence-electron chi connectivity index (χ2n) is 11.1. The zero-order chi connectivity index (χ0) is 30.2. The number of pyridine rings is 1. The number of anilines is 1. The number of carbonyl (C=O) groups excluding carboxylic acids is 1. The number of benzene rings is 2. The van der Waals surface area contributed by atoms with Gasteiger partial charge in [-0.15, -0.1) is 24.8 Å². The lowest BCUT2D eigenvalue weighted by Crippen LogP contribution is -2.47. The van der Waals surface area contributed by atoms with E-state index in [0.717, 1.165) is 35.8 Å². The minimum Gasteiger partial charge on any atom is -0.619 e. The van der Waals surface area contributed by atoms with Crippen molar-refractivity contribution in [1.82, 2.24) is 9.80 Å². The van der Waals surface area contributed by atoms with Gasteiger partial charge in [0.05, 0.1) is 17.7 Å². The lowest BCUT2D eigenvalue weighted by molar-refractivity contribution is -0.605. The molecule has 0 saturated carbocycles. The summed E-state index contributed by atoms with van der Waals surface area (Å²) in [6.45, 7) is 4.66. The fourth-order valence-corrected chi connectivity index (χ4v) is 7.41. The fraction of sp³-hybridized carbons (Fsp3) is 0.394. The molecule has 0 aliphatic carbocycles. The zero-order valence-electron chi connectivity index (χ0n) is 25.5. The summed E-state index contributed by atoms with van der Waals surface area (Å²) in [7, 11) is -2.73. The van der Waals surface area contributed by atoms with E-state index in [1.165, 1.54) is 64.0 Å². The third-order valence-corrected chi connectivity index (χ3v) is 10.1. The number of carbonyl (C=O) groups is 1. The number of methoxy groups -OCH3 is 1. The third kappa shape index (κ3) is 9.20. The van der Waals surface area contributed by atoms with Crippen molar-refractivity contribution in [2.75, 3.05) is 44.1 Å². The maximum Gasteiger partial charge on any atom is 0.270 e. The summed E-state index contributed by atoms with van der Waals surface area (Å²) < 4.78 is 35.0. The van der Waals surface area contributed by atoms with Crippen LogP contribution in [0.2, 0.25) is 0 Å². The van der Waals surface area contributed by atoms with Crippen molar-refractivity contribution in [2.24, 2.45) is 0 Å². The zero-order valence-corrected chi connectivity index (χ0v) is 27.9. The van der Waals surface area contributed by atoms with E-state index in [1.807, 2.05) is 0 Å². The Kier molecular flexibility index (Phi) is 13.7. The Morgan fingerprint density at radius 2 is 1.58 bits per heavy atom. The number of likely N-dealkylation sites (tertiary alicyclic amines) is 2. The minimum atomic E-state index is -4.24. The summed E-state index contributed by atoms with van der Waals surface area (Å²) in [4.78, 5) is 18.8. The molecule has 2 fully saturated rings. The van der Waals surface area contributed by atoms with Gasteiger partial charge in [-0.3, -0.25) is 4.79 Å². The molecule has 3 heterocycles. The van der Waals surface area contributed by atoms with Crippen LogP contribution in [-0.2, 0) is 14.8 Å². The fourth-order valence-electron chi connectivity index (χ4n) is 5.93. The molecule has 2 aliphatic heterocycles. The van der Waals surface area contributed by atoms with Gasteiger partial charge in [-0.05, 0) is 93.3 Å². The Balaban J connectivity index is 0.00000276. The van der Waals surface area contributed by atoms with Gasteiger partial charge in [-0.2, -0.15) is 4.73 Å². The summed E-state index contributed by atoms with van der Waals surface area (Å²) in [5.41, 5.74) is 1.61. The van der Waals surface area contributed by atoms with E-state index in [4.69, 9.17) is 4.74 Å². The molecule has 0 bridgehead atoms. The SMILES string of the molecule is COc1ccc(S(=O)(=O)N(C(=O)CCN2CCC(N3CCCCC3)CC2)c2ccccc2/C=C/c2cc[n+]([O-])cc2)cc1.Cl.Cl. The molecular weight excluding hydrogens is 635 g/mol. The predicted octanol–water partition coefficient (Wildman–Crippen LogP) is 5.40. The maximum absolute atomic E-state index is 14.1. The molecule has 2 aromatic carbocycles. The van der Waals surface area contributed by atoms with Gasteiger partial charge < -0.3 is 19.7 Å². The number of aromatic nitrogens is 1. The van der Waals surface area contributed by atoms with Crippen LogP contribution in [0.5, 0.6) is 5.75 Å². The quantitative estimate of drug-likeness (QED) is 0.209. The van der Waals surface area contributed by atoms with Crippen LogP contribution in [0.15, 0.2) is 78.0 Å². The molecule has 45 heavy (non-hydrogen) atoms. The van der Waals surface area contributed by atoms with E-state index in [2.05, 4.69) is 9.80 Å². The van der Waals surface area contributed by atoms with Gasteiger partial charge >= 0.3 is 0 Å². The molecule has 3 aromatic rings. The van der Waals surface area contributed by atoms with E-state index in [9.17, 15) is 18.4 Å². The van der Waals surface area contributed by atoms with Crippen LogP contribution in [0, 0.1) is 5.21 Å². The molecule has 0 radical (unpaired) electrons. The van der Waals surface area contributed by atoms with Crippen molar-refractivity contribution in [3.63, 3.8) is 0 Å². The number of rotatable bonds is 10. The van der Waals surface area contributed by atoms with E-state index < -0.39 is 15.9 Å². The highest BCUT2D eigenvalue weighted by molar-refractivity contribution is 7.93. The van der Waals surface area contributed by atoms with E-state index >= 15 is 0 Å². The van der Waals surface area contributed by atoms with Gasteiger partial charge in [0.25, 0.3) is 10.0 Å². The summed E-state index contributed by atoms with van der Waals surface area (Å²) in [5, 5.41) is 11.4. The standard InChI is InChI=1S/C33H40N4O5S.2ClH/c1-42-30-11-13-31(14-12-30)43(40,41)37(32-8-4-3-7-28(32)10-9-27-15-25-36(39)26-16-27)33(38)19-24-34-22-17-29(18-23-34)35-20-5-2-6-21-35;;/h3-4,7-16,25-26,29H,2,5-6,17-24H2,1H3;2*1H/b10-9+;;. The molecular formula is C33H42Cl2N4O5S. The summed E-state index contributed by atoms with van der Waals surface area (Å²) in [6.07, 6.45) is 12.4. The highest BCUT2D eigenvalue weighted by Gasteiger charge is 2.33. The predicted molar refractivity (Wildman–Crippen MR) is 182 cm³/mol. The van der Waals surface area contributed by atoms with E-state index in [-0.39, 0.29) is 41.8 Å². The van der Waals surface area contributed by atoms with Crippen molar-refractivity contribution in [3.8, 4) is 5.75 Å². The Bertz CT molecular complexity index is 1510. The van der Waals surface area contributed by atoms with Gasteiger partial charge in [0, 0.05) is 31.1 Å². The average molecular weight is 678 g/mol. The number of hydrogen-bond acceptors (Lipinski definition) is 7. The minimum absolute atomic E-state index is 0. The third-order valence-electron chi connectivity index (χ3n) is 8.37. The maximum atomic E-state index is 14.1. The van der Waals surface area contributed by atoms with Crippen LogP contribution < -0.4 is 13.8 Å². The molecule has 9 nitrogen and oxygen atoms in total. The topological polar surface area (TPSA) is 97.1 Å². The molecule has 1 aromatic heterocycles. The summed E-state index contributed by atoms with van der Waals surface area (Å²) in [5.74, 6) is 0.0392. The van der Waals surface area contributed by atoms with Gasteiger partial charge in [-0.1, -0.05) is 36.8 Å². The van der Waals surface area contributed by atoms with E-state index in [1.54, 1.807) is 60.7 Å². The highest BCUT2D eigenvalue weighted by atomic mass is 35.5. The Morgan fingerprint density at radius 1 is 0.933 bits per heavy atom. The van der Waals surface area contributed by atoms with Crippen LogP contribution >= 0.6 is 24.8 Å². The van der Waals surface area contributed by atoms with Gasteiger partial charge in [0.15, 0.2) is 12.4 Å². The number of para-hydroxylation sites is 1. The number of nitrogens with zero attached hydrogens (tertiary/aromatic N) is 4. The van der Waals surface area contributed by atoms with Crippen molar-refractivity contribution in [3.05, 3.63) is 89.4 Å². The number of halogens is 2. The number of piperidine rings is 2. The number of ether oxygens (including phenoxy) is 1. The summed E-state index contributed by atoms with van der Waals surface area (Å²) >= 11 is 0. The molecule has 0 atom stereocenters. The van der Waals surface area contributed by atoms with Gasteiger partial charge in [-0.25, -0.2) is 12.7 Å². The molecule has 2 saturated heterocycles. The van der Waals surface area contributed by atoms with Crippen molar-refractivity contribution in [2.45, 2.75) is 49.5 Å². The van der Waals surface area contributed by atoms with Crippen molar-refractivity contribution in [1.29, 1.82) is 0 Å². The number of sulfonamides is 1. The lowest BCUT2D eigenvalue weighted by atomic mass is 10.00. The number of amides is 1. The van der Waals surface area contributed by atoms with Crippen LogP contribution in [0.1, 0.15) is 49.7 Å². The van der Waals surface area contributed by atoms with Crippen LogP contribution in [0.25, 0.3) is 12.2 Å². The molecule has 1 amide bonds. The van der Waals surface area contributed by atoms with Crippen LogP contribution in [-0.4, -0.2) is 70.0 Å². The first kappa shape index (κ1) is 36.3. The first-order valence-electron chi connectivity index (χ1n) is 15.0. The first-order valence-corrected chi connectivity index (χ1v) is 16.4. The highest BCUT2D eigenvalue weighted by Crippen LogP contribution is 2.30. The number of hydrogen-bond donors (Lipinski definition) is 0. The van der Waals surface area contributed by atoms with Crippen LogP contribution in [0.3, 0.4) is 0 Å². The Hall–Kier alpha value is -3.15. The molecule has 0 N–H and O–H groups in total. The van der Waals surface area contributed by atoms with Crippen LogP contribution in [0.4, 0.5) is 5.69 Å². The largest absolute Gasteiger partial charge is 0.619 e. The van der Waals surface area contributed by atoms with Crippen molar-refractivity contribution >= 4 is 58.6 Å². The first-order chi connectivity index (χ1) is 20.8. The molecule has 244 valence electrons. The second-order valence-corrected chi connectivity index (χ2v) is 12.9. The molecule has 2 aliphatic rings. The molecule has 5 rings (SSSR count). The van der Waals surface area contributed by atoms with E-state index in [0.29, 0.717) is 28.6 Å². The monoisotopic (exact) mass is 676 g/mol. The van der Waals surface area contributed by atoms with Crippen molar-refractivity contribution < 1.29 is 22.7 Å². The normalized spacial score (nSPS) is 16.5. The Labute approximate surface area is 278 Å². The molecule has 12 heteroatoms. The summed E-state index contributed by atoms with van der Waals surface area (Å²) in [6, 6.07) is 16.9.